The normalized spacial score (nSPS) is 48.7. The quantitative estimate of drug-likeness (QED) is 0.595. The summed E-state index contributed by atoms with van der Waals surface area (Å²) < 4.78 is 2.00. The Morgan fingerprint density at radius 2 is 1.88 bits per heavy atom. The summed E-state index contributed by atoms with van der Waals surface area (Å²) in [5, 5.41) is 24.9. The lowest BCUT2D eigenvalue weighted by Crippen LogP contribution is -2.50. The fourth-order valence-corrected chi connectivity index (χ4v) is 10.7. The molecule has 180 valence electrons. The molecule has 4 heteroatoms. The third-order valence-corrected chi connectivity index (χ3v) is 11.9. The first kappa shape index (κ1) is 22.1. The van der Waals surface area contributed by atoms with E-state index in [2.05, 4.69) is 31.9 Å². The molecular weight excluding hydrogens is 406 g/mol. The van der Waals surface area contributed by atoms with Crippen molar-refractivity contribution >= 4 is 0 Å². The van der Waals surface area contributed by atoms with Gasteiger partial charge in [0.1, 0.15) is 6.07 Å². The van der Waals surface area contributed by atoms with Crippen molar-refractivity contribution in [1.82, 2.24) is 9.78 Å². The fourth-order valence-electron chi connectivity index (χ4n) is 10.7. The lowest BCUT2D eigenvalue weighted by molar-refractivity contribution is -0.0846. The average molecular weight is 450 g/mol. The molecular formula is C29H43N3O. The van der Waals surface area contributed by atoms with Crippen molar-refractivity contribution in [3.63, 3.8) is 0 Å². The third-order valence-electron chi connectivity index (χ3n) is 11.9. The SMILES string of the molecule is CCCC1C2[C@H]3CC[C@@H]4[C@H](CC[C@]5(C)[C@@H]([C@@H](C)Cn6cc(C#N)cn6)CC[C@@H]45)[C@H]3CC[C@]12O. The minimum atomic E-state index is -0.279. The summed E-state index contributed by atoms with van der Waals surface area (Å²) in [6.07, 6.45) is 16.9. The van der Waals surface area contributed by atoms with Crippen LogP contribution in [-0.4, -0.2) is 20.5 Å². The number of nitrogens with zero attached hydrogens (tertiary/aromatic N) is 3. The van der Waals surface area contributed by atoms with Crippen LogP contribution in [-0.2, 0) is 6.54 Å². The number of rotatable bonds is 5. The Morgan fingerprint density at radius 1 is 1.12 bits per heavy atom. The first-order chi connectivity index (χ1) is 15.9. The minimum absolute atomic E-state index is 0.279. The van der Waals surface area contributed by atoms with E-state index in [-0.39, 0.29) is 5.60 Å². The van der Waals surface area contributed by atoms with E-state index in [9.17, 15) is 5.11 Å². The molecule has 1 N–H and O–H groups in total. The van der Waals surface area contributed by atoms with Crippen molar-refractivity contribution in [3.05, 3.63) is 18.0 Å². The highest BCUT2D eigenvalue weighted by atomic mass is 16.3. The molecule has 0 bridgehead atoms. The smallest absolute Gasteiger partial charge is 0.102 e. The Bertz CT molecular complexity index is 934. The highest BCUT2D eigenvalue weighted by Gasteiger charge is 2.70. The second-order valence-corrected chi connectivity index (χ2v) is 13.1. The molecule has 1 aromatic rings. The summed E-state index contributed by atoms with van der Waals surface area (Å²) >= 11 is 0. The zero-order chi connectivity index (χ0) is 23.0. The Morgan fingerprint density at radius 3 is 2.64 bits per heavy atom. The van der Waals surface area contributed by atoms with Crippen LogP contribution in [0.3, 0.4) is 0 Å². The van der Waals surface area contributed by atoms with Gasteiger partial charge in [-0.15, -0.1) is 0 Å². The van der Waals surface area contributed by atoms with Crippen molar-refractivity contribution in [2.45, 2.75) is 97.1 Å². The maximum Gasteiger partial charge on any atom is 0.102 e. The lowest BCUT2D eigenvalue weighted by Gasteiger charge is -2.56. The largest absolute Gasteiger partial charge is 0.389 e. The van der Waals surface area contributed by atoms with Gasteiger partial charge < -0.3 is 5.11 Å². The second kappa shape index (κ2) is 7.84. The monoisotopic (exact) mass is 449 g/mol. The Hall–Kier alpha value is -1.34. The van der Waals surface area contributed by atoms with E-state index in [4.69, 9.17) is 5.26 Å². The Labute approximate surface area is 200 Å². The van der Waals surface area contributed by atoms with E-state index in [1.54, 1.807) is 6.20 Å². The maximum absolute atomic E-state index is 11.3. The van der Waals surface area contributed by atoms with Crippen LogP contribution in [0, 0.1) is 70.0 Å². The van der Waals surface area contributed by atoms with Gasteiger partial charge in [0.05, 0.1) is 17.4 Å². The van der Waals surface area contributed by atoms with Gasteiger partial charge in [0.15, 0.2) is 0 Å². The van der Waals surface area contributed by atoms with E-state index in [0.717, 1.165) is 48.5 Å². The van der Waals surface area contributed by atoms with Crippen LogP contribution in [0.5, 0.6) is 0 Å². The lowest BCUT2D eigenvalue weighted by atomic mass is 9.49. The van der Waals surface area contributed by atoms with Crippen LogP contribution >= 0.6 is 0 Å². The van der Waals surface area contributed by atoms with E-state index in [1.165, 1.54) is 57.8 Å². The molecule has 33 heavy (non-hydrogen) atoms. The van der Waals surface area contributed by atoms with Crippen LogP contribution in [0.4, 0.5) is 0 Å². The molecule has 5 aliphatic rings. The van der Waals surface area contributed by atoms with Crippen molar-refractivity contribution < 1.29 is 5.11 Å². The molecule has 6 rings (SSSR count). The van der Waals surface area contributed by atoms with Crippen LogP contribution in [0.1, 0.15) is 90.5 Å². The molecule has 5 saturated carbocycles. The topological polar surface area (TPSA) is 61.8 Å². The van der Waals surface area contributed by atoms with Gasteiger partial charge in [-0.25, -0.2) is 0 Å². The molecule has 5 fully saturated rings. The molecule has 1 heterocycles. The van der Waals surface area contributed by atoms with Gasteiger partial charge in [0, 0.05) is 12.7 Å². The number of hydrogen-bond acceptors (Lipinski definition) is 3. The van der Waals surface area contributed by atoms with E-state index >= 15 is 0 Å². The van der Waals surface area contributed by atoms with Gasteiger partial charge in [-0.3, -0.25) is 4.68 Å². The molecule has 0 saturated heterocycles. The zero-order valence-corrected chi connectivity index (χ0v) is 20.9. The summed E-state index contributed by atoms with van der Waals surface area (Å²) in [6.45, 7) is 8.29. The molecule has 5 aliphatic carbocycles. The van der Waals surface area contributed by atoms with Crippen LogP contribution in [0.25, 0.3) is 0 Å². The molecule has 2 unspecified atom stereocenters. The van der Waals surface area contributed by atoms with Crippen LogP contribution in [0.2, 0.25) is 0 Å². The zero-order valence-electron chi connectivity index (χ0n) is 20.9. The predicted octanol–water partition coefficient (Wildman–Crippen LogP) is 6.05. The standard InChI is InChI=1S/C29H43N3O/c1-4-5-26-27-23-7-6-22-20(21(23)11-13-29(26,27)33)10-12-28(3)24(8-9-25(22)28)18(2)16-32-17-19(14-30)15-31-32/h15,17-18,20-27,33H,4-13,16H2,1-3H3/t18-,20+,21+,22+,23-,24+,25-,26?,27?,28+,29-/m0/s1. The Kier molecular flexibility index (Phi) is 5.26. The minimum Gasteiger partial charge on any atom is -0.389 e. The second-order valence-electron chi connectivity index (χ2n) is 13.1. The van der Waals surface area contributed by atoms with Gasteiger partial charge in [0.25, 0.3) is 0 Å². The van der Waals surface area contributed by atoms with E-state index in [1.807, 2.05) is 10.9 Å². The molecule has 0 amide bonds. The molecule has 0 aromatic carbocycles. The van der Waals surface area contributed by atoms with Crippen molar-refractivity contribution in [2.24, 2.45) is 58.7 Å². The van der Waals surface area contributed by atoms with E-state index < -0.39 is 0 Å². The molecule has 0 radical (unpaired) electrons. The van der Waals surface area contributed by atoms with Crippen molar-refractivity contribution in [1.29, 1.82) is 5.26 Å². The van der Waals surface area contributed by atoms with Gasteiger partial charge in [-0.1, -0.05) is 27.2 Å². The first-order valence-corrected chi connectivity index (χ1v) is 14.1. The molecule has 4 nitrogen and oxygen atoms in total. The van der Waals surface area contributed by atoms with Gasteiger partial charge in [-0.2, -0.15) is 10.4 Å². The molecule has 0 spiro atoms. The van der Waals surface area contributed by atoms with Gasteiger partial charge in [-0.05, 0) is 116 Å². The number of fused-ring (bicyclic) bond motifs is 7. The van der Waals surface area contributed by atoms with Crippen LogP contribution in [0.15, 0.2) is 12.4 Å². The summed E-state index contributed by atoms with van der Waals surface area (Å²) in [5.41, 5.74) is 0.864. The number of hydrogen-bond donors (Lipinski definition) is 1. The number of aromatic nitrogens is 2. The number of nitriles is 1. The highest BCUT2D eigenvalue weighted by molar-refractivity contribution is 5.22. The molecule has 1 aromatic heterocycles. The molecule has 11 atom stereocenters. The summed E-state index contributed by atoms with van der Waals surface area (Å²) in [4.78, 5) is 0. The van der Waals surface area contributed by atoms with Gasteiger partial charge >= 0.3 is 0 Å². The van der Waals surface area contributed by atoms with Gasteiger partial charge in [0.2, 0.25) is 0 Å². The third kappa shape index (κ3) is 3.20. The van der Waals surface area contributed by atoms with E-state index in [0.29, 0.717) is 28.7 Å². The Balaban J connectivity index is 1.16. The number of aliphatic hydroxyl groups is 1. The highest BCUT2D eigenvalue weighted by Crippen LogP contribution is 2.71. The average Bonchev–Trinajstić information content (AvgIpc) is 3.09. The first-order valence-electron chi connectivity index (χ1n) is 14.1. The van der Waals surface area contributed by atoms with Crippen molar-refractivity contribution in [2.75, 3.05) is 0 Å². The molecule has 0 aliphatic heterocycles. The predicted molar refractivity (Wildman–Crippen MR) is 129 cm³/mol. The fraction of sp³-hybridized carbons (Fsp3) is 0.862. The summed E-state index contributed by atoms with van der Waals surface area (Å²) in [6, 6.07) is 2.22. The summed E-state index contributed by atoms with van der Waals surface area (Å²) in [5.74, 6) is 7.07. The van der Waals surface area contributed by atoms with Crippen molar-refractivity contribution in [3.8, 4) is 6.07 Å². The summed E-state index contributed by atoms with van der Waals surface area (Å²) in [7, 11) is 0. The van der Waals surface area contributed by atoms with Crippen LogP contribution < -0.4 is 0 Å². The maximum atomic E-state index is 11.3.